The van der Waals surface area contributed by atoms with Crippen molar-refractivity contribution in [2.45, 2.75) is 13.5 Å². The predicted molar refractivity (Wildman–Crippen MR) is 106 cm³/mol. The Morgan fingerprint density at radius 3 is 2.76 bits per heavy atom. The highest BCUT2D eigenvalue weighted by atomic mass is 16.6. The average molecular weight is 391 g/mol. The van der Waals surface area contributed by atoms with Crippen LogP contribution in [-0.2, 0) is 6.54 Å². The van der Waals surface area contributed by atoms with Gasteiger partial charge < -0.3 is 10.5 Å². The molecule has 2 heterocycles. The van der Waals surface area contributed by atoms with E-state index in [9.17, 15) is 10.1 Å². The molecule has 0 fully saturated rings. The van der Waals surface area contributed by atoms with Crippen LogP contribution in [0.25, 0.3) is 22.4 Å². The zero-order chi connectivity index (χ0) is 20.5. The summed E-state index contributed by atoms with van der Waals surface area (Å²) in [5, 5.41) is 19.6. The van der Waals surface area contributed by atoms with Crippen LogP contribution in [-0.4, -0.2) is 37.0 Å². The van der Waals surface area contributed by atoms with Gasteiger partial charge in [0.1, 0.15) is 11.4 Å². The fourth-order valence-corrected chi connectivity index (χ4v) is 3.13. The summed E-state index contributed by atoms with van der Waals surface area (Å²) in [5.74, 6) is 0.687. The highest BCUT2D eigenvalue weighted by molar-refractivity contribution is 5.89. The van der Waals surface area contributed by atoms with Gasteiger partial charge in [0, 0.05) is 17.2 Å². The smallest absolute Gasteiger partial charge is 0.272 e. The lowest BCUT2D eigenvalue weighted by atomic mass is 10.1. The first-order chi connectivity index (χ1) is 14.0. The van der Waals surface area contributed by atoms with Gasteiger partial charge in [-0.1, -0.05) is 29.5 Å². The Kier molecular flexibility index (Phi) is 4.51. The van der Waals surface area contributed by atoms with Crippen molar-refractivity contribution in [2.24, 2.45) is 0 Å². The molecule has 10 nitrogen and oxygen atoms in total. The predicted octanol–water partition coefficient (Wildman–Crippen LogP) is 2.74. The van der Waals surface area contributed by atoms with Crippen LogP contribution >= 0.6 is 0 Å². The Balaban J connectivity index is 1.82. The number of methoxy groups -OCH3 is 1. The van der Waals surface area contributed by atoms with Crippen LogP contribution in [0.5, 0.6) is 5.75 Å². The van der Waals surface area contributed by atoms with Crippen LogP contribution in [0.1, 0.15) is 11.1 Å². The summed E-state index contributed by atoms with van der Waals surface area (Å²) in [4.78, 5) is 19.4. The molecule has 0 atom stereocenters. The summed E-state index contributed by atoms with van der Waals surface area (Å²) in [6.45, 7) is 1.94. The molecule has 0 amide bonds. The lowest BCUT2D eigenvalue weighted by Crippen LogP contribution is -2.06. The van der Waals surface area contributed by atoms with Crippen molar-refractivity contribution in [3.05, 3.63) is 63.7 Å². The number of nitrogens with two attached hydrogens (primary N) is 1. The zero-order valence-electron chi connectivity index (χ0n) is 15.7. The Morgan fingerprint density at radius 2 is 2.00 bits per heavy atom. The lowest BCUT2D eigenvalue weighted by Gasteiger charge is -2.09. The highest BCUT2D eigenvalue weighted by Gasteiger charge is 2.19. The first-order valence-corrected chi connectivity index (χ1v) is 8.72. The minimum Gasteiger partial charge on any atom is -0.496 e. The van der Waals surface area contributed by atoms with E-state index >= 15 is 0 Å². The number of aromatic nitrogens is 5. The van der Waals surface area contributed by atoms with Gasteiger partial charge in [-0.2, -0.15) is 4.98 Å². The Hall–Kier alpha value is -4.08. The molecule has 0 bridgehead atoms. The monoisotopic (exact) mass is 391 g/mol. The number of hydrogen-bond acceptors (Lipinski definition) is 8. The fourth-order valence-electron chi connectivity index (χ4n) is 3.13. The molecule has 0 saturated heterocycles. The molecule has 0 aliphatic rings. The summed E-state index contributed by atoms with van der Waals surface area (Å²) in [5.41, 5.74) is 9.39. The molecule has 4 rings (SSSR count). The van der Waals surface area contributed by atoms with Gasteiger partial charge in [0.05, 0.1) is 18.6 Å². The van der Waals surface area contributed by atoms with Crippen molar-refractivity contribution < 1.29 is 9.66 Å². The van der Waals surface area contributed by atoms with E-state index in [2.05, 4.69) is 20.3 Å². The van der Waals surface area contributed by atoms with Crippen LogP contribution in [0.15, 0.2) is 42.5 Å². The number of anilines is 1. The van der Waals surface area contributed by atoms with E-state index in [0.717, 1.165) is 0 Å². The number of nitrogens with zero attached hydrogens (tertiary/aromatic N) is 6. The summed E-state index contributed by atoms with van der Waals surface area (Å²) in [6, 6.07) is 12.4. The van der Waals surface area contributed by atoms with Crippen LogP contribution in [0.3, 0.4) is 0 Å². The van der Waals surface area contributed by atoms with Crippen molar-refractivity contribution >= 4 is 22.8 Å². The molecule has 0 unspecified atom stereocenters. The third-order valence-electron chi connectivity index (χ3n) is 4.54. The minimum atomic E-state index is -0.405. The molecule has 2 aromatic heterocycles. The molecule has 146 valence electrons. The zero-order valence-corrected chi connectivity index (χ0v) is 15.7. The number of nitro groups is 1. The molecule has 2 N–H and O–H groups in total. The molecule has 0 aliphatic carbocycles. The molecule has 0 radical (unpaired) electrons. The van der Waals surface area contributed by atoms with Crippen molar-refractivity contribution in [2.75, 3.05) is 12.8 Å². The van der Waals surface area contributed by atoms with Gasteiger partial charge in [-0.3, -0.25) is 10.1 Å². The second-order valence-electron chi connectivity index (χ2n) is 6.43. The number of benzene rings is 2. The first-order valence-electron chi connectivity index (χ1n) is 8.72. The number of para-hydroxylation sites is 1. The maximum absolute atomic E-state index is 11.2. The van der Waals surface area contributed by atoms with Crippen molar-refractivity contribution in [3.63, 3.8) is 0 Å². The van der Waals surface area contributed by atoms with Gasteiger partial charge in [0.25, 0.3) is 5.69 Å². The molecule has 2 aromatic carbocycles. The molecule has 0 spiro atoms. The first kappa shape index (κ1) is 18.3. The summed E-state index contributed by atoms with van der Waals surface area (Å²) >= 11 is 0. The third kappa shape index (κ3) is 3.31. The number of nitro benzene ring substituents is 1. The number of aryl methyl sites for hydroxylation is 1. The van der Waals surface area contributed by atoms with Crippen LogP contribution < -0.4 is 10.5 Å². The normalized spacial score (nSPS) is 11.0. The molecule has 10 heteroatoms. The average Bonchev–Trinajstić information content (AvgIpc) is 3.11. The maximum Gasteiger partial charge on any atom is 0.272 e. The molecular weight excluding hydrogens is 374 g/mol. The van der Waals surface area contributed by atoms with Crippen LogP contribution in [0.2, 0.25) is 0 Å². The molecule has 29 heavy (non-hydrogen) atoms. The second kappa shape index (κ2) is 7.15. The topological polar surface area (TPSA) is 135 Å². The molecular formula is C19H17N7O3. The number of nitrogen functional groups attached to an aromatic ring is 1. The number of ether oxygens (including phenoxy) is 1. The summed E-state index contributed by atoms with van der Waals surface area (Å²) in [6.07, 6.45) is 0. The number of hydrogen-bond donors (Lipinski definition) is 1. The van der Waals surface area contributed by atoms with Crippen LogP contribution in [0, 0.1) is 17.0 Å². The molecule has 4 aromatic rings. The van der Waals surface area contributed by atoms with E-state index in [1.807, 2.05) is 30.3 Å². The van der Waals surface area contributed by atoms with Gasteiger partial charge in [-0.15, -0.1) is 5.10 Å². The maximum atomic E-state index is 11.2. The fraction of sp³-hybridized carbons (Fsp3) is 0.158. The van der Waals surface area contributed by atoms with Gasteiger partial charge in [0.15, 0.2) is 11.2 Å². The van der Waals surface area contributed by atoms with Gasteiger partial charge in [-0.25, -0.2) is 9.67 Å². The van der Waals surface area contributed by atoms with E-state index in [4.69, 9.17) is 10.5 Å². The third-order valence-corrected chi connectivity index (χ3v) is 4.54. The van der Waals surface area contributed by atoms with Crippen molar-refractivity contribution in [1.29, 1.82) is 0 Å². The Morgan fingerprint density at radius 1 is 1.21 bits per heavy atom. The van der Waals surface area contributed by atoms with Crippen molar-refractivity contribution in [1.82, 2.24) is 25.0 Å². The molecule has 0 saturated carbocycles. The summed E-state index contributed by atoms with van der Waals surface area (Å²) in [7, 11) is 1.57. The minimum absolute atomic E-state index is 0.0516. The highest BCUT2D eigenvalue weighted by Crippen LogP contribution is 2.32. The van der Waals surface area contributed by atoms with Gasteiger partial charge >= 0.3 is 0 Å². The van der Waals surface area contributed by atoms with Crippen LogP contribution in [0.4, 0.5) is 11.6 Å². The Bertz CT molecular complexity index is 1240. The van der Waals surface area contributed by atoms with E-state index in [1.54, 1.807) is 24.8 Å². The van der Waals surface area contributed by atoms with Gasteiger partial charge in [-0.05, 0) is 24.6 Å². The second-order valence-corrected chi connectivity index (χ2v) is 6.43. The van der Waals surface area contributed by atoms with E-state index < -0.39 is 4.92 Å². The quantitative estimate of drug-likeness (QED) is 0.405. The number of fused-ring (bicyclic) bond motifs is 1. The van der Waals surface area contributed by atoms with Crippen molar-refractivity contribution in [3.8, 4) is 17.0 Å². The largest absolute Gasteiger partial charge is 0.496 e. The number of rotatable bonds is 5. The van der Waals surface area contributed by atoms with E-state index in [-0.39, 0.29) is 18.2 Å². The standard InChI is InChI=1S/C19H17N7O3/c1-11-7-8-12(9-14(11)26(27)28)10-25-18-17(23-24-25)16(21-19(20)22-18)13-5-3-4-6-15(13)29-2/h3-9H,10H2,1-2H3,(H2,20,21,22). The molecule has 0 aliphatic heterocycles. The van der Waals surface area contributed by atoms with E-state index in [0.29, 0.717) is 39.3 Å². The van der Waals surface area contributed by atoms with Gasteiger partial charge in [0.2, 0.25) is 5.95 Å². The summed E-state index contributed by atoms with van der Waals surface area (Å²) < 4.78 is 6.96. The SMILES string of the molecule is COc1ccccc1-c1nc(N)nc2c1nnn2Cc1ccc(C)c([N+](=O)[O-])c1. The Labute approximate surface area is 165 Å². The van der Waals surface area contributed by atoms with E-state index in [1.165, 1.54) is 6.07 Å². The lowest BCUT2D eigenvalue weighted by molar-refractivity contribution is -0.385.